The van der Waals surface area contributed by atoms with Gasteiger partial charge < -0.3 is 10.2 Å². The average Bonchev–Trinajstić information content (AvgIpc) is 3.07. The quantitative estimate of drug-likeness (QED) is 0.591. The summed E-state index contributed by atoms with van der Waals surface area (Å²) in [5.74, 6) is -2.14. The molecule has 3 aromatic rings. The number of phenols is 1. The molecule has 29 heavy (non-hydrogen) atoms. The van der Waals surface area contributed by atoms with Gasteiger partial charge in [0.25, 0.3) is 0 Å². The van der Waals surface area contributed by atoms with E-state index in [4.69, 9.17) is 5.11 Å². The Bertz CT molecular complexity index is 1070. The van der Waals surface area contributed by atoms with Crippen molar-refractivity contribution in [2.24, 2.45) is 0 Å². The lowest BCUT2D eigenvalue weighted by atomic mass is 10.1. The first-order valence-electron chi connectivity index (χ1n) is 7.79. The number of hydrogen-bond acceptors (Lipinski definition) is 3. The van der Waals surface area contributed by atoms with Crippen molar-refractivity contribution in [2.45, 2.75) is 12.4 Å². The van der Waals surface area contributed by atoms with Crippen molar-refractivity contribution in [3.05, 3.63) is 65.4 Å². The van der Waals surface area contributed by atoms with E-state index in [1.54, 1.807) is 0 Å². The van der Waals surface area contributed by atoms with Crippen molar-refractivity contribution < 1.29 is 41.4 Å². The van der Waals surface area contributed by atoms with Crippen LogP contribution in [0, 0.1) is 0 Å². The molecular weight excluding hydrogens is 406 g/mol. The van der Waals surface area contributed by atoms with Gasteiger partial charge in [0.15, 0.2) is 5.69 Å². The van der Waals surface area contributed by atoms with Gasteiger partial charge in [-0.05, 0) is 36.4 Å². The lowest BCUT2D eigenvalue weighted by Crippen LogP contribution is -2.08. The van der Waals surface area contributed by atoms with Crippen LogP contribution < -0.4 is 0 Å². The van der Waals surface area contributed by atoms with Gasteiger partial charge in [-0.1, -0.05) is 12.1 Å². The molecule has 0 amide bonds. The van der Waals surface area contributed by atoms with E-state index in [1.165, 1.54) is 0 Å². The fraction of sp³-hybridized carbons (Fsp3) is 0.111. The molecule has 0 radical (unpaired) electrons. The summed E-state index contributed by atoms with van der Waals surface area (Å²) in [5.41, 5.74) is -3.24. The molecule has 3 rings (SSSR count). The molecule has 0 fully saturated rings. The minimum absolute atomic E-state index is 0.00838. The molecule has 0 saturated carbocycles. The van der Waals surface area contributed by atoms with Gasteiger partial charge in [-0.15, -0.1) is 0 Å². The van der Waals surface area contributed by atoms with Gasteiger partial charge in [-0.3, -0.25) is 0 Å². The number of carboxylic acid groups (broad SMARTS) is 1. The van der Waals surface area contributed by atoms with Crippen molar-refractivity contribution in [1.29, 1.82) is 0 Å². The smallest absolute Gasteiger partial charge is 0.435 e. The monoisotopic (exact) mass is 416 g/mol. The van der Waals surface area contributed by atoms with Gasteiger partial charge in [0.2, 0.25) is 0 Å². The second-order valence-electron chi connectivity index (χ2n) is 5.91. The number of halogens is 6. The van der Waals surface area contributed by atoms with Crippen molar-refractivity contribution >= 4 is 5.97 Å². The summed E-state index contributed by atoms with van der Waals surface area (Å²) in [6.45, 7) is 0. The van der Waals surface area contributed by atoms with E-state index in [-0.39, 0.29) is 16.9 Å². The Morgan fingerprint density at radius 3 is 2.03 bits per heavy atom. The zero-order valence-electron chi connectivity index (χ0n) is 14.1. The highest BCUT2D eigenvalue weighted by Crippen LogP contribution is 2.35. The predicted molar refractivity (Wildman–Crippen MR) is 87.6 cm³/mol. The van der Waals surface area contributed by atoms with E-state index in [0.29, 0.717) is 18.2 Å². The maximum absolute atomic E-state index is 13.1. The van der Waals surface area contributed by atoms with Crippen LogP contribution in [0.25, 0.3) is 16.9 Å². The number of rotatable bonds is 3. The third-order valence-corrected chi connectivity index (χ3v) is 3.96. The molecule has 0 saturated heterocycles. The van der Waals surface area contributed by atoms with E-state index in [2.05, 4.69) is 5.10 Å². The molecule has 152 valence electrons. The summed E-state index contributed by atoms with van der Waals surface area (Å²) in [6.07, 6.45) is -9.47. The number of hydrogen-bond donors (Lipinski definition) is 2. The second-order valence-corrected chi connectivity index (χ2v) is 5.91. The van der Waals surface area contributed by atoms with E-state index >= 15 is 0 Å². The summed E-state index contributed by atoms with van der Waals surface area (Å²) in [7, 11) is 0. The first-order chi connectivity index (χ1) is 13.4. The minimum Gasteiger partial charge on any atom is -0.507 e. The maximum Gasteiger partial charge on any atom is 0.435 e. The Hall–Kier alpha value is -3.50. The zero-order valence-corrected chi connectivity index (χ0v) is 14.1. The maximum atomic E-state index is 13.1. The van der Waals surface area contributed by atoms with Crippen molar-refractivity contribution in [3.63, 3.8) is 0 Å². The van der Waals surface area contributed by atoms with Gasteiger partial charge in [-0.25, -0.2) is 9.48 Å². The Morgan fingerprint density at radius 1 is 0.897 bits per heavy atom. The van der Waals surface area contributed by atoms with Crippen molar-refractivity contribution in [2.75, 3.05) is 0 Å². The Kier molecular flexibility index (Phi) is 4.77. The fourth-order valence-electron chi connectivity index (χ4n) is 2.58. The number of aromatic carboxylic acids is 1. The SMILES string of the molecule is O=C(O)c1cc(-n2nc(C(F)(F)F)cc2-c2ccc(C(F)(F)F)cc2)ccc1O. The minimum atomic E-state index is -4.85. The molecular formula is C18H10F6N2O3. The molecule has 5 nitrogen and oxygen atoms in total. The summed E-state index contributed by atoms with van der Waals surface area (Å²) >= 11 is 0. The van der Waals surface area contributed by atoms with Crippen LogP contribution in [0.3, 0.4) is 0 Å². The van der Waals surface area contributed by atoms with Crippen LogP contribution in [0.5, 0.6) is 5.75 Å². The van der Waals surface area contributed by atoms with E-state index < -0.39 is 40.9 Å². The molecule has 0 aliphatic rings. The molecule has 11 heteroatoms. The molecule has 2 N–H and O–H groups in total. The lowest BCUT2D eigenvalue weighted by Gasteiger charge is -2.11. The standard InChI is InChI=1S/C18H10F6N2O3/c19-17(20,21)10-3-1-9(2-4-10)13-8-15(18(22,23)24)25-26(13)11-5-6-14(27)12(7-11)16(28)29/h1-8,27H,(H,28,29). The number of carboxylic acids is 1. The Balaban J connectivity index is 2.19. The number of alkyl halides is 6. The van der Waals surface area contributed by atoms with Gasteiger partial charge in [0, 0.05) is 5.56 Å². The molecule has 1 heterocycles. The van der Waals surface area contributed by atoms with Gasteiger partial charge in [0.1, 0.15) is 11.3 Å². The van der Waals surface area contributed by atoms with Crippen molar-refractivity contribution in [1.82, 2.24) is 9.78 Å². The van der Waals surface area contributed by atoms with Crippen LogP contribution in [0.1, 0.15) is 21.6 Å². The third kappa shape index (κ3) is 4.03. The summed E-state index contributed by atoms with van der Waals surface area (Å²) in [4.78, 5) is 11.2. The van der Waals surface area contributed by atoms with E-state index in [0.717, 1.165) is 35.0 Å². The summed E-state index contributed by atoms with van der Waals surface area (Å²) in [5, 5.41) is 22.1. The second kappa shape index (κ2) is 6.83. The van der Waals surface area contributed by atoms with E-state index in [9.17, 15) is 36.2 Å². The van der Waals surface area contributed by atoms with Crippen LogP contribution >= 0.6 is 0 Å². The summed E-state index contributed by atoms with van der Waals surface area (Å²) in [6, 6.07) is 7.00. The number of benzene rings is 2. The Morgan fingerprint density at radius 2 is 1.52 bits per heavy atom. The molecule has 0 bridgehead atoms. The first kappa shape index (κ1) is 20.2. The van der Waals surface area contributed by atoms with Gasteiger partial charge >= 0.3 is 18.3 Å². The largest absolute Gasteiger partial charge is 0.507 e. The molecule has 0 atom stereocenters. The van der Waals surface area contributed by atoms with Gasteiger partial charge in [-0.2, -0.15) is 31.4 Å². The van der Waals surface area contributed by atoms with Gasteiger partial charge in [0.05, 0.1) is 16.9 Å². The van der Waals surface area contributed by atoms with Crippen LogP contribution in [0.2, 0.25) is 0 Å². The number of aromatic nitrogens is 2. The number of nitrogens with zero attached hydrogens (tertiary/aromatic N) is 2. The predicted octanol–water partition coefficient (Wildman–Crippen LogP) is 4.98. The third-order valence-electron chi connectivity index (χ3n) is 3.96. The van der Waals surface area contributed by atoms with Crippen LogP contribution in [-0.2, 0) is 12.4 Å². The highest BCUT2D eigenvalue weighted by atomic mass is 19.4. The highest BCUT2D eigenvalue weighted by Gasteiger charge is 2.36. The number of aromatic hydroxyl groups is 1. The summed E-state index contributed by atoms with van der Waals surface area (Å²) < 4.78 is 78.4. The molecule has 0 aliphatic heterocycles. The molecule has 1 aromatic heterocycles. The topological polar surface area (TPSA) is 75.3 Å². The number of carbonyl (C=O) groups is 1. The highest BCUT2D eigenvalue weighted by molar-refractivity contribution is 5.91. The lowest BCUT2D eigenvalue weighted by molar-refractivity contribution is -0.141. The normalized spacial score (nSPS) is 12.2. The molecule has 0 unspecified atom stereocenters. The van der Waals surface area contributed by atoms with E-state index in [1.807, 2.05) is 0 Å². The van der Waals surface area contributed by atoms with Crippen LogP contribution in [-0.4, -0.2) is 26.0 Å². The van der Waals surface area contributed by atoms with Crippen LogP contribution in [0.15, 0.2) is 48.5 Å². The van der Waals surface area contributed by atoms with Crippen molar-refractivity contribution in [3.8, 4) is 22.7 Å². The molecule has 2 aromatic carbocycles. The molecule has 0 aliphatic carbocycles. The molecule has 0 spiro atoms. The van der Waals surface area contributed by atoms with Crippen LogP contribution in [0.4, 0.5) is 26.3 Å². The zero-order chi connectivity index (χ0) is 21.6. The Labute approximate surface area is 158 Å². The first-order valence-corrected chi connectivity index (χ1v) is 7.79. The average molecular weight is 416 g/mol. The fourth-order valence-corrected chi connectivity index (χ4v) is 2.58.